The van der Waals surface area contributed by atoms with E-state index in [0.29, 0.717) is 17.8 Å². The third-order valence-electron chi connectivity index (χ3n) is 3.22. The monoisotopic (exact) mass is 242 g/mol. The van der Waals surface area contributed by atoms with Crippen molar-refractivity contribution in [1.82, 2.24) is 4.90 Å². The third-order valence-corrected chi connectivity index (χ3v) is 3.22. The summed E-state index contributed by atoms with van der Waals surface area (Å²) >= 11 is 0. The molecule has 0 rings (SSSR count). The van der Waals surface area contributed by atoms with E-state index in [0.717, 1.165) is 19.6 Å². The highest BCUT2D eigenvalue weighted by Gasteiger charge is 2.31. The lowest BCUT2D eigenvalue weighted by molar-refractivity contribution is 0.0644. The molecule has 0 aromatic carbocycles. The van der Waals surface area contributed by atoms with Crippen molar-refractivity contribution < 1.29 is 0 Å². The highest BCUT2D eigenvalue weighted by Crippen LogP contribution is 2.25. The van der Waals surface area contributed by atoms with Crippen LogP contribution in [0, 0.1) is 17.8 Å². The molecule has 0 spiro atoms. The van der Waals surface area contributed by atoms with E-state index in [2.05, 4.69) is 53.4 Å². The molecular weight excluding hydrogens is 208 g/mol. The molecule has 0 radical (unpaired) electrons. The second-order valence-corrected chi connectivity index (χ2v) is 6.99. The molecule has 1 atom stereocenters. The topological polar surface area (TPSA) is 29.3 Å². The molecule has 0 saturated carbocycles. The normalized spacial score (nSPS) is 16.2. The first kappa shape index (κ1) is 16.9. The first-order valence-corrected chi connectivity index (χ1v) is 7.16. The summed E-state index contributed by atoms with van der Waals surface area (Å²) in [7, 11) is 0. The fraction of sp³-hybridized carbons (Fsp3) is 1.00. The number of nitrogens with two attached hydrogens (primary N) is 1. The van der Waals surface area contributed by atoms with Gasteiger partial charge in [-0.2, -0.15) is 0 Å². The highest BCUT2D eigenvalue weighted by molar-refractivity contribution is 4.89. The minimum absolute atomic E-state index is 0.155. The van der Waals surface area contributed by atoms with Crippen LogP contribution in [0.5, 0.6) is 0 Å². The summed E-state index contributed by atoms with van der Waals surface area (Å²) in [6.45, 7) is 19.1. The fourth-order valence-corrected chi connectivity index (χ4v) is 2.62. The number of nitrogens with zero attached hydrogens (tertiary/aromatic N) is 1. The molecule has 0 amide bonds. The maximum Gasteiger partial charge on any atom is 0.0306 e. The molecule has 2 heteroatoms. The zero-order valence-electron chi connectivity index (χ0n) is 13.1. The van der Waals surface area contributed by atoms with Crippen molar-refractivity contribution in [3.8, 4) is 0 Å². The fourth-order valence-electron chi connectivity index (χ4n) is 2.62. The van der Waals surface area contributed by atoms with E-state index in [1.165, 1.54) is 6.42 Å². The second-order valence-electron chi connectivity index (χ2n) is 6.99. The summed E-state index contributed by atoms with van der Waals surface area (Å²) in [5.41, 5.74) is 6.22. The maximum atomic E-state index is 6.07. The summed E-state index contributed by atoms with van der Waals surface area (Å²) < 4.78 is 0. The molecule has 2 N–H and O–H groups in total. The van der Waals surface area contributed by atoms with Gasteiger partial charge in [-0.25, -0.2) is 0 Å². The zero-order chi connectivity index (χ0) is 13.6. The Morgan fingerprint density at radius 2 is 1.29 bits per heavy atom. The summed E-state index contributed by atoms with van der Waals surface area (Å²) in [6.07, 6.45) is 1.18. The molecule has 0 fully saturated rings. The highest BCUT2D eigenvalue weighted by atomic mass is 15.2. The molecule has 0 aromatic heterocycles. The Balaban J connectivity index is 4.80. The lowest BCUT2D eigenvalue weighted by Gasteiger charge is -2.44. The smallest absolute Gasteiger partial charge is 0.0306 e. The minimum atomic E-state index is 0.155. The standard InChI is InChI=1S/C15H34N2/c1-12(2)8-15(7,11-16)17(9-13(3)4)10-14(5)6/h12-14H,8-11,16H2,1-7H3. The molecule has 0 heterocycles. The Kier molecular flexibility index (Phi) is 7.34. The van der Waals surface area contributed by atoms with E-state index in [9.17, 15) is 0 Å². The van der Waals surface area contributed by atoms with Crippen LogP contribution in [0.15, 0.2) is 0 Å². The van der Waals surface area contributed by atoms with Crippen LogP contribution in [0.3, 0.4) is 0 Å². The molecule has 2 nitrogen and oxygen atoms in total. The molecule has 0 saturated heterocycles. The average molecular weight is 242 g/mol. The van der Waals surface area contributed by atoms with Crippen LogP contribution in [0.4, 0.5) is 0 Å². The van der Waals surface area contributed by atoms with E-state index in [4.69, 9.17) is 5.73 Å². The number of rotatable bonds is 8. The van der Waals surface area contributed by atoms with Gasteiger partial charge in [0.15, 0.2) is 0 Å². The van der Waals surface area contributed by atoms with Crippen molar-refractivity contribution in [3.05, 3.63) is 0 Å². The molecule has 1 unspecified atom stereocenters. The molecule has 104 valence electrons. The van der Waals surface area contributed by atoms with Crippen LogP contribution in [0.2, 0.25) is 0 Å². The first-order chi connectivity index (χ1) is 7.71. The van der Waals surface area contributed by atoms with E-state index in [1.54, 1.807) is 0 Å². The van der Waals surface area contributed by atoms with Gasteiger partial charge in [0.25, 0.3) is 0 Å². The SMILES string of the molecule is CC(C)CN(CC(C)C)C(C)(CN)CC(C)C. The van der Waals surface area contributed by atoms with Crippen molar-refractivity contribution in [3.63, 3.8) is 0 Å². The van der Waals surface area contributed by atoms with Crippen molar-refractivity contribution in [1.29, 1.82) is 0 Å². The summed E-state index contributed by atoms with van der Waals surface area (Å²) in [4.78, 5) is 2.61. The Bertz CT molecular complexity index is 189. The molecule has 0 aliphatic heterocycles. The Morgan fingerprint density at radius 1 is 0.882 bits per heavy atom. The Morgan fingerprint density at radius 3 is 1.53 bits per heavy atom. The van der Waals surface area contributed by atoms with Crippen LogP contribution in [0.25, 0.3) is 0 Å². The van der Waals surface area contributed by atoms with Crippen LogP contribution in [-0.2, 0) is 0 Å². The average Bonchev–Trinajstić information content (AvgIpc) is 2.14. The minimum Gasteiger partial charge on any atom is -0.329 e. The van der Waals surface area contributed by atoms with Gasteiger partial charge in [0.1, 0.15) is 0 Å². The van der Waals surface area contributed by atoms with E-state index in [1.807, 2.05) is 0 Å². The maximum absolute atomic E-state index is 6.07. The predicted molar refractivity (Wildman–Crippen MR) is 78.2 cm³/mol. The second kappa shape index (κ2) is 7.38. The van der Waals surface area contributed by atoms with Crippen molar-refractivity contribution in [2.75, 3.05) is 19.6 Å². The van der Waals surface area contributed by atoms with Crippen molar-refractivity contribution >= 4 is 0 Å². The molecule has 0 bridgehead atoms. The predicted octanol–water partition coefficient (Wildman–Crippen LogP) is 3.36. The zero-order valence-corrected chi connectivity index (χ0v) is 13.1. The van der Waals surface area contributed by atoms with Crippen LogP contribution in [-0.4, -0.2) is 30.1 Å². The molecular formula is C15H34N2. The lowest BCUT2D eigenvalue weighted by Crippen LogP contribution is -2.54. The van der Waals surface area contributed by atoms with Gasteiger partial charge in [-0.05, 0) is 31.1 Å². The van der Waals surface area contributed by atoms with Crippen LogP contribution < -0.4 is 5.73 Å². The largest absolute Gasteiger partial charge is 0.329 e. The molecule has 0 aliphatic carbocycles. The van der Waals surface area contributed by atoms with E-state index >= 15 is 0 Å². The first-order valence-electron chi connectivity index (χ1n) is 7.16. The summed E-state index contributed by atoms with van der Waals surface area (Å²) in [6, 6.07) is 0. The van der Waals surface area contributed by atoms with Crippen molar-refractivity contribution in [2.24, 2.45) is 23.5 Å². The van der Waals surface area contributed by atoms with Crippen LogP contribution in [0.1, 0.15) is 54.9 Å². The van der Waals surface area contributed by atoms with Gasteiger partial charge in [-0.3, -0.25) is 4.90 Å². The Labute approximate surface area is 109 Å². The van der Waals surface area contributed by atoms with Gasteiger partial charge >= 0.3 is 0 Å². The van der Waals surface area contributed by atoms with Gasteiger partial charge in [0.2, 0.25) is 0 Å². The van der Waals surface area contributed by atoms with Gasteiger partial charge < -0.3 is 5.73 Å². The molecule has 0 aliphatic rings. The molecule has 0 aromatic rings. The van der Waals surface area contributed by atoms with E-state index < -0.39 is 0 Å². The number of hydrogen-bond acceptors (Lipinski definition) is 2. The summed E-state index contributed by atoms with van der Waals surface area (Å²) in [5, 5.41) is 0. The Hall–Kier alpha value is -0.0800. The van der Waals surface area contributed by atoms with Gasteiger partial charge in [-0.1, -0.05) is 41.5 Å². The molecule has 17 heavy (non-hydrogen) atoms. The van der Waals surface area contributed by atoms with E-state index in [-0.39, 0.29) is 5.54 Å². The van der Waals surface area contributed by atoms with Gasteiger partial charge in [-0.15, -0.1) is 0 Å². The third kappa shape index (κ3) is 6.42. The van der Waals surface area contributed by atoms with Gasteiger partial charge in [0.05, 0.1) is 0 Å². The van der Waals surface area contributed by atoms with Crippen LogP contribution >= 0.6 is 0 Å². The van der Waals surface area contributed by atoms with Gasteiger partial charge in [0, 0.05) is 25.2 Å². The van der Waals surface area contributed by atoms with Crippen molar-refractivity contribution in [2.45, 2.75) is 60.4 Å². The lowest BCUT2D eigenvalue weighted by atomic mass is 9.87. The number of hydrogen-bond donors (Lipinski definition) is 1. The quantitative estimate of drug-likeness (QED) is 0.707. The summed E-state index contributed by atoms with van der Waals surface area (Å²) in [5.74, 6) is 2.10.